The number of hydrogen-bond acceptors (Lipinski definition) is 8. The first-order valence-electron chi connectivity index (χ1n) is 14.8. The Kier molecular flexibility index (Phi) is 8.12. The van der Waals surface area contributed by atoms with E-state index in [1.807, 2.05) is 6.92 Å². The lowest BCUT2D eigenvalue weighted by atomic mass is 10.0. The second-order valence-electron chi connectivity index (χ2n) is 11.5. The Labute approximate surface area is 259 Å². The molecule has 2 aliphatic rings. The number of aryl methyl sites for hydroxylation is 1. The van der Waals surface area contributed by atoms with Crippen LogP contribution in [-0.2, 0) is 25.6 Å². The number of quaternary nitrogens is 1. The van der Waals surface area contributed by atoms with Crippen LogP contribution >= 0.6 is 0 Å². The molecule has 0 aliphatic carbocycles. The third-order valence-corrected chi connectivity index (χ3v) is 9.92. The van der Waals surface area contributed by atoms with E-state index < -0.39 is 38.6 Å². The molecule has 2 saturated heterocycles. The van der Waals surface area contributed by atoms with Gasteiger partial charge in [-0.15, -0.1) is 0 Å². The molecule has 0 radical (unpaired) electrons. The Morgan fingerprint density at radius 1 is 1.00 bits per heavy atom. The van der Waals surface area contributed by atoms with Gasteiger partial charge in [-0.25, -0.2) is 14.3 Å². The Morgan fingerprint density at radius 2 is 1.69 bits per heavy atom. The van der Waals surface area contributed by atoms with Gasteiger partial charge in [0, 0.05) is 18.7 Å². The number of urea groups is 1. The third kappa shape index (κ3) is 5.68. The molecule has 3 amide bonds. The van der Waals surface area contributed by atoms with Gasteiger partial charge in [0.25, 0.3) is 11.5 Å². The number of fused-ring (bicyclic) bond motifs is 1. The molecular weight excluding hydrogens is 601 g/mol. The molecule has 2 atom stereocenters. The van der Waals surface area contributed by atoms with Gasteiger partial charge in [-0.3, -0.25) is 14.5 Å². The zero-order valence-electron chi connectivity index (χ0n) is 24.9. The number of likely N-dealkylation sites (tertiary alicyclic amines) is 1. The first-order valence-corrected chi connectivity index (χ1v) is 16.2. The van der Waals surface area contributed by atoms with Gasteiger partial charge in [-0.1, -0.05) is 50.9 Å². The summed E-state index contributed by atoms with van der Waals surface area (Å²) in [6, 6.07) is 14.6. The molecule has 1 aromatic heterocycles. The number of imide groups is 1. The molecule has 2 unspecified atom stereocenters. The average molecular weight is 635 g/mol. The maximum absolute atomic E-state index is 15.5. The Hall–Kier alpha value is -4.30. The fourth-order valence-corrected chi connectivity index (χ4v) is 7.17. The van der Waals surface area contributed by atoms with E-state index in [-0.39, 0.29) is 29.1 Å². The topological polar surface area (TPSA) is 130 Å². The van der Waals surface area contributed by atoms with Gasteiger partial charge in [0.15, 0.2) is 0 Å². The van der Waals surface area contributed by atoms with Gasteiger partial charge in [-0.2, -0.15) is 18.4 Å². The summed E-state index contributed by atoms with van der Waals surface area (Å²) in [5.41, 5.74) is 1.19. The normalized spacial score (nSPS) is 20.9. The lowest BCUT2D eigenvalue weighted by molar-refractivity contribution is -1.02. The standard InChI is InChI=1S/C32H32FN5O6S/c1-21-9-12-24(13-10-21)45(42,43)44-38(18-17-36-15-5-6-16-36)22(2)31(40)37(32(38)41)29-20-23(11-14-27(29)33)19-28-25-7-3-4-8-26(25)30(39)35-34-28/h3-4,7-14,20,22H,5-6,15-19H2,1-2H3/p+1. The Bertz CT molecular complexity index is 1960. The Morgan fingerprint density at radius 3 is 2.40 bits per heavy atom. The van der Waals surface area contributed by atoms with Crippen LogP contribution in [0.25, 0.3) is 10.8 Å². The fraction of sp³-hybridized carbons (Fsp3) is 0.312. The molecule has 4 aromatic rings. The number of nitrogens with one attached hydrogen (secondary N) is 1. The third-order valence-electron chi connectivity index (χ3n) is 8.60. The molecule has 2 aliphatic heterocycles. The van der Waals surface area contributed by atoms with E-state index >= 15 is 4.39 Å². The van der Waals surface area contributed by atoms with Crippen molar-refractivity contribution in [2.24, 2.45) is 0 Å². The number of amides is 3. The van der Waals surface area contributed by atoms with Crippen molar-refractivity contribution < 1.29 is 31.3 Å². The minimum absolute atomic E-state index is 0.137. The second kappa shape index (κ2) is 11.9. The number of aromatic nitrogens is 2. The lowest BCUT2D eigenvalue weighted by Crippen LogP contribution is -2.58. The highest BCUT2D eigenvalue weighted by atomic mass is 32.2. The number of halogens is 1. The van der Waals surface area contributed by atoms with E-state index in [0.29, 0.717) is 33.5 Å². The number of carbonyl (C=O) groups excluding carboxylic acids is 2. The number of rotatable bonds is 9. The van der Waals surface area contributed by atoms with Crippen molar-refractivity contribution in [2.75, 3.05) is 31.1 Å². The Balaban J connectivity index is 1.38. The van der Waals surface area contributed by atoms with Crippen LogP contribution < -0.4 is 10.5 Å². The molecule has 6 rings (SSSR count). The summed E-state index contributed by atoms with van der Waals surface area (Å²) < 4.78 is 47.2. The number of nitrogens with zero attached hydrogens (tertiary/aromatic N) is 4. The molecule has 45 heavy (non-hydrogen) atoms. The molecule has 234 valence electrons. The van der Waals surface area contributed by atoms with E-state index in [0.717, 1.165) is 37.6 Å². The second-order valence-corrected chi connectivity index (χ2v) is 13.1. The van der Waals surface area contributed by atoms with Gasteiger partial charge in [0.1, 0.15) is 12.4 Å². The zero-order chi connectivity index (χ0) is 31.9. The summed E-state index contributed by atoms with van der Waals surface area (Å²) in [6.07, 6.45) is 2.09. The van der Waals surface area contributed by atoms with E-state index in [1.54, 1.807) is 36.4 Å². The first kappa shape index (κ1) is 30.7. The van der Waals surface area contributed by atoms with Crippen molar-refractivity contribution in [3.05, 3.63) is 99.7 Å². The molecule has 2 fully saturated rings. The number of H-pyrrole nitrogens is 1. The summed E-state index contributed by atoms with van der Waals surface area (Å²) in [5, 5.41) is 7.70. The summed E-state index contributed by atoms with van der Waals surface area (Å²) in [4.78, 5) is 43.0. The SMILES string of the molecule is Cc1ccc(S(=O)(=O)O[N+]2(CCN3CCCC3)C(=O)N(c3cc(Cc4n[nH]c(=O)c5ccccc45)ccc3F)C(=O)C2C)cc1. The highest BCUT2D eigenvalue weighted by Gasteiger charge is 2.64. The molecule has 13 heteroatoms. The molecular formula is C32H33FN5O6S+. The van der Waals surface area contributed by atoms with E-state index in [4.69, 9.17) is 4.28 Å². The smallest absolute Gasteiger partial charge is 0.298 e. The number of benzene rings is 3. The largest absolute Gasteiger partial charge is 0.465 e. The van der Waals surface area contributed by atoms with E-state index in [2.05, 4.69) is 15.1 Å². The van der Waals surface area contributed by atoms with Gasteiger partial charge in [-0.05, 0) is 68.8 Å². The van der Waals surface area contributed by atoms with Crippen molar-refractivity contribution in [1.82, 2.24) is 15.1 Å². The van der Waals surface area contributed by atoms with Crippen LogP contribution in [0, 0.1) is 12.7 Å². The van der Waals surface area contributed by atoms with Crippen molar-refractivity contribution in [2.45, 2.75) is 44.0 Å². The average Bonchev–Trinajstić information content (AvgIpc) is 3.61. The summed E-state index contributed by atoms with van der Waals surface area (Å²) in [5.74, 6) is -1.63. The first-order chi connectivity index (χ1) is 21.5. The monoisotopic (exact) mass is 634 g/mol. The van der Waals surface area contributed by atoms with Crippen LogP contribution in [0.3, 0.4) is 0 Å². The van der Waals surface area contributed by atoms with E-state index in [9.17, 15) is 22.8 Å². The predicted molar refractivity (Wildman–Crippen MR) is 164 cm³/mol. The maximum atomic E-state index is 15.5. The molecule has 0 bridgehead atoms. The number of hydrogen-bond donors (Lipinski definition) is 1. The zero-order valence-corrected chi connectivity index (χ0v) is 25.7. The van der Waals surface area contributed by atoms with Crippen molar-refractivity contribution in [1.29, 1.82) is 0 Å². The van der Waals surface area contributed by atoms with Crippen LogP contribution in [0.4, 0.5) is 14.9 Å². The quantitative estimate of drug-likeness (QED) is 0.216. The van der Waals surface area contributed by atoms with Gasteiger partial charge >= 0.3 is 16.1 Å². The van der Waals surface area contributed by atoms with Gasteiger partial charge in [0.05, 0.1) is 28.2 Å². The lowest BCUT2D eigenvalue weighted by Gasteiger charge is -2.30. The minimum atomic E-state index is -4.52. The van der Waals surface area contributed by atoms with Gasteiger partial charge < -0.3 is 0 Å². The van der Waals surface area contributed by atoms with Crippen LogP contribution in [0.1, 0.15) is 36.6 Å². The molecule has 3 heterocycles. The summed E-state index contributed by atoms with van der Waals surface area (Å²) in [6.45, 7) is 4.94. The molecule has 11 nitrogen and oxygen atoms in total. The molecule has 1 N–H and O–H groups in total. The van der Waals surface area contributed by atoms with Crippen LogP contribution in [0.5, 0.6) is 0 Å². The summed E-state index contributed by atoms with van der Waals surface area (Å²) in [7, 11) is -4.52. The van der Waals surface area contributed by atoms with E-state index in [1.165, 1.54) is 31.2 Å². The van der Waals surface area contributed by atoms with Crippen LogP contribution in [0.15, 0.2) is 76.4 Å². The van der Waals surface area contributed by atoms with Crippen LogP contribution in [-0.4, -0.2) is 72.3 Å². The minimum Gasteiger partial charge on any atom is -0.298 e. The maximum Gasteiger partial charge on any atom is 0.465 e. The summed E-state index contributed by atoms with van der Waals surface area (Å²) >= 11 is 0. The number of hydroxylamine groups is 3. The molecule has 0 saturated carbocycles. The van der Waals surface area contributed by atoms with Crippen molar-refractivity contribution in [3.63, 3.8) is 0 Å². The predicted octanol–water partition coefficient (Wildman–Crippen LogP) is 4.05. The van der Waals surface area contributed by atoms with Gasteiger partial charge in [0.2, 0.25) is 6.04 Å². The van der Waals surface area contributed by atoms with Crippen molar-refractivity contribution in [3.8, 4) is 0 Å². The number of carbonyl (C=O) groups is 2. The number of aromatic amines is 1. The highest BCUT2D eigenvalue weighted by Crippen LogP contribution is 2.37. The van der Waals surface area contributed by atoms with Crippen LogP contribution in [0.2, 0.25) is 0 Å². The highest BCUT2D eigenvalue weighted by molar-refractivity contribution is 7.86. The molecule has 3 aromatic carbocycles. The van der Waals surface area contributed by atoms with Crippen molar-refractivity contribution >= 4 is 38.5 Å². The number of anilines is 1. The molecule has 0 spiro atoms. The fourth-order valence-electron chi connectivity index (χ4n) is 6.00.